The van der Waals surface area contributed by atoms with Crippen LogP contribution in [0.25, 0.3) is 0 Å². The first-order valence-corrected chi connectivity index (χ1v) is 9.20. The molecule has 4 atom stereocenters. The molecule has 3 aliphatic rings. The molecule has 0 spiro atoms. The summed E-state index contributed by atoms with van der Waals surface area (Å²) in [6.07, 6.45) is 0.223. The molecular weight excluding hydrogens is 305 g/mol. The van der Waals surface area contributed by atoms with Gasteiger partial charge in [0.15, 0.2) is 12.5 Å². The van der Waals surface area contributed by atoms with Gasteiger partial charge in [-0.05, 0) is 31.1 Å². The number of rotatable bonds is 2. The summed E-state index contributed by atoms with van der Waals surface area (Å²) in [6, 6.07) is 0. The van der Waals surface area contributed by atoms with Crippen molar-refractivity contribution in [3.05, 3.63) is 0 Å². The van der Waals surface area contributed by atoms with E-state index in [0.717, 1.165) is 5.92 Å². The van der Waals surface area contributed by atoms with Gasteiger partial charge in [0, 0.05) is 11.8 Å². The second-order valence-electron chi connectivity index (χ2n) is 7.88. The molecular formula is C18H29F3O2. The predicted molar refractivity (Wildman–Crippen MR) is 82.3 cm³/mol. The van der Waals surface area contributed by atoms with Gasteiger partial charge in [0.2, 0.25) is 0 Å². The maximum atomic E-state index is 13.6. The largest absolute Gasteiger partial charge is 0.352 e. The molecule has 2 saturated carbocycles. The number of halogens is 3. The van der Waals surface area contributed by atoms with Crippen LogP contribution in [0.2, 0.25) is 0 Å². The molecule has 5 heteroatoms. The highest BCUT2D eigenvalue weighted by molar-refractivity contribution is 4.89. The van der Waals surface area contributed by atoms with Gasteiger partial charge in [-0.1, -0.05) is 32.6 Å². The van der Waals surface area contributed by atoms with E-state index in [1.807, 2.05) is 0 Å². The average molecular weight is 334 g/mol. The summed E-state index contributed by atoms with van der Waals surface area (Å²) in [5.74, 6) is 1.45. The van der Waals surface area contributed by atoms with Gasteiger partial charge in [-0.2, -0.15) is 0 Å². The molecule has 3 fully saturated rings. The van der Waals surface area contributed by atoms with Crippen molar-refractivity contribution in [1.29, 1.82) is 0 Å². The molecule has 0 aromatic heterocycles. The third-order valence-corrected chi connectivity index (χ3v) is 6.05. The van der Waals surface area contributed by atoms with Crippen LogP contribution in [0.15, 0.2) is 0 Å². The zero-order valence-electron chi connectivity index (χ0n) is 13.9. The zero-order valence-corrected chi connectivity index (χ0v) is 13.9. The normalized spacial score (nSPS) is 49.6. The van der Waals surface area contributed by atoms with Crippen LogP contribution in [0, 0.1) is 23.7 Å². The van der Waals surface area contributed by atoms with Gasteiger partial charge in [-0.3, -0.25) is 0 Å². The molecule has 0 aromatic rings. The smallest absolute Gasteiger partial charge is 0.162 e. The molecule has 3 rings (SSSR count). The van der Waals surface area contributed by atoms with E-state index in [2.05, 4.69) is 6.92 Å². The number of hydrogen-bond donors (Lipinski definition) is 0. The van der Waals surface area contributed by atoms with Crippen molar-refractivity contribution in [2.75, 3.05) is 13.2 Å². The van der Waals surface area contributed by atoms with E-state index in [-0.39, 0.29) is 18.8 Å². The highest BCUT2D eigenvalue weighted by Gasteiger charge is 2.43. The first-order valence-electron chi connectivity index (χ1n) is 9.20. The Kier molecular flexibility index (Phi) is 5.89. The molecule has 0 radical (unpaired) electrons. The van der Waals surface area contributed by atoms with E-state index in [1.165, 1.54) is 32.1 Å². The van der Waals surface area contributed by atoms with Crippen molar-refractivity contribution in [3.8, 4) is 0 Å². The second-order valence-corrected chi connectivity index (χ2v) is 7.88. The molecule has 0 amide bonds. The summed E-state index contributed by atoms with van der Waals surface area (Å²) >= 11 is 0. The van der Waals surface area contributed by atoms with Crippen LogP contribution < -0.4 is 0 Å². The molecule has 0 aromatic carbocycles. The maximum Gasteiger partial charge on any atom is 0.162 e. The average Bonchev–Trinajstić information content (AvgIpc) is 2.77. The molecule has 2 aliphatic carbocycles. The number of alkyl halides is 3. The Hall–Kier alpha value is -0.290. The first-order chi connectivity index (χ1) is 11.0. The maximum absolute atomic E-state index is 13.6. The van der Waals surface area contributed by atoms with E-state index < -0.39 is 24.8 Å². The lowest BCUT2D eigenvalue weighted by Gasteiger charge is -2.40. The van der Waals surface area contributed by atoms with Gasteiger partial charge in [-0.25, -0.2) is 13.2 Å². The Morgan fingerprint density at radius 2 is 1.39 bits per heavy atom. The molecule has 1 saturated heterocycles. The lowest BCUT2D eigenvalue weighted by molar-refractivity contribution is -0.242. The van der Waals surface area contributed by atoms with E-state index >= 15 is 0 Å². The third-order valence-electron chi connectivity index (χ3n) is 6.05. The standard InChI is InChI=1S/C18H29F3O2/c1-11-3-2-4-12(6-5-11)14-9-22-18(23-10-14)13-7-15(19)17(21)16(20)8-13/h11-18H,2-10H2,1H3/t11?,12-,13?,14?,15?,16?,17?,18?/m0/s1. The lowest BCUT2D eigenvalue weighted by atomic mass is 9.83. The Balaban J connectivity index is 1.48. The highest BCUT2D eigenvalue weighted by Crippen LogP contribution is 2.38. The molecule has 134 valence electrons. The lowest BCUT2D eigenvalue weighted by Crippen LogP contribution is -2.46. The van der Waals surface area contributed by atoms with E-state index in [4.69, 9.17) is 9.47 Å². The summed E-state index contributed by atoms with van der Waals surface area (Å²) < 4.78 is 52.0. The fraction of sp³-hybridized carbons (Fsp3) is 1.00. The summed E-state index contributed by atoms with van der Waals surface area (Å²) in [6.45, 7) is 3.52. The summed E-state index contributed by atoms with van der Waals surface area (Å²) in [4.78, 5) is 0. The van der Waals surface area contributed by atoms with Crippen LogP contribution in [0.5, 0.6) is 0 Å². The highest BCUT2D eigenvalue weighted by atomic mass is 19.2. The van der Waals surface area contributed by atoms with Gasteiger partial charge < -0.3 is 9.47 Å². The fourth-order valence-corrected chi connectivity index (χ4v) is 4.45. The van der Waals surface area contributed by atoms with Crippen LogP contribution in [0.1, 0.15) is 51.9 Å². The topological polar surface area (TPSA) is 18.5 Å². The van der Waals surface area contributed by atoms with Gasteiger partial charge in [0.25, 0.3) is 0 Å². The predicted octanol–water partition coefficient (Wildman–Crippen LogP) is 4.62. The van der Waals surface area contributed by atoms with Crippen molar-refractivity contribution in [1.82, 2.24) is 0 Å². The van der Waals surface area contributed by atoms with Crippen molar-refractivity contribution >= 4 is 0 Å². The van der Waals surface area contributed by atoms with E-state index in [0.29, 0.717) is 25.0 Å². The van der Waals surface area contributed by atoms with Crippen molar-refractivity contribution in [3.63, 3.8) is 0 Å². The monoisotopic (exact) mass is 334 g/mol. The summed E-state index contributed by atoms with van der Waals surface area (Å²) in [7, 11) is 0. The first kappa shape index (κ1) is 17.5. The minimum absolute atomic E-state index is 0.00212. The molecule has 0 bridgehead atoms. The van der Waals surface area contributed by atoms with Crippen LogP contribution in [-0.4, -0.2) is 38.0 Å². The van der Waals surface area contributed by atoms with Crippen LogP contribution >= 0.6 is 0 Å². The van der Waals surface area contributed by atoms with E-state index in [9.17, 15) is 13.2 Å². The number of ether oxygens (including phenoxy) is 2. The SMILES string of the molecule is CC1CCC[C@H](C2COC(C3CC(F)C(F)C(F)C3)OC2)CC1. The zero-order chi connectivity index (χ0) is 16.4. The summed E-state index contributed by atoms with van der Waals surface area (Å²) in [5.41, 5.74) is 0. The van der Waals surface area contributed by atoms with Gasteiger partial charge in [0.1, 0.15) is 12.3 Å². The Morgan fingerprint density at radius 3 is 2.04 bits per heavy atom. The van der Waals surface area contributed by atoms with Gasteiger partial charge in [-0.15, -0.1) is 0 Å². The van der Waals surface area contributed by atoms with Crippen LogP contribution in [0.4, 0.5) is 13.2 Å². The Bertz CT molecular complexity index is 361. The van der Waals surface area contributed by atoms with Crippen molar-refractivity contribution < 1.29 is 22.6 Å². The molecule has 2 nitrogen and oxygen atoms in total. The number of hydrogen-bond acceptors (Lipinski definition) is 2. The second kappa shape index (κ2) is 7.73. The molecule has 23 heavy (non-hydrogen) atoms. The minimum Gasteiger partial charge on any atom is -0.352 e. The third kappa shape index (κ3) is 4.22. The van der Waals surface area contributed by atoms with Crippen LogP contribution in [0.3, 0.4) is 0 Å². The van der Waals surface area contributed by atoms with Crippen molar-refractivity contribution in [2.45, 2.75) is 76.7 Å². The Labute approximate surface area is 137 Å². The van der Waals surface area contributed by atoms with Gasteiger partial charge >= 0.3 is 0 Å². The molecule has 1 aliphatic heterocycles. The van der Waals surface area contributed by atoms with Crippen molar-refractivity contribution in [2.24, 2.45) is 23.7 Å². The minimum atomic E-state index is -1.99. The van der Waals surface area contributed by atoms with Gasteiger partial charge in [0.05, 0.1) is 13.2 Å². The molecule has 3 unspecified atom stereocenters. The quantitative estimate of drug-likeness (QED) is 0.686. The molecule has 0 N–H and O–H groups in total. The van der Waals surface area contributed by atoms with Crippen LogP contribution in [-0.2, 0) is 9.47 Å². The molecule has 1 heterocycles. The summed E-state index contributed by atoms with van der Waals surface area (Å²) in [5, 5.41) is 0. The van der Waals surface area contributed by atoms with E-state index in [1.54, 1.807) is 0 Å². The fourth-order valence-electron chi connectivity index (χ4n) is 4.45. The Morgan fingerprint density at radius 1 is 0.739 bits per heavy atom.